The van der Waals surface area contributed by atoms with Crippen molar-refractivity contribution in [1.29, 1.82) is 0 Å². The zero-order valence-corrected chi connectivity index (χ0v) is 17.6. The van der Waals surface area contributed by atoms with Gasteiger partial charge in [-0.15, -0.1) is 0 Å². The van der Waals surface area contributed by atoms with Crippen molar-refractivity contribution >= 4 is 64.2 Å². The molecule has 11 heteroatoms. The van der Waals surface area contributed by atoms with Gasteiger partial charge in [-0.3, -0.25) is 30.0 Å². The summed E-state index contributed by atoms with van der Waals surface area (Å²) in [5, 5.41) is 3.68. The molecule has 0 bridgehead atoms. The van der Waals surface area contributed by atoms with Gasteiger partial charge in [0.25, 0.3) is 11.8 Å². The molecule has 30 heavy (non-hydrogen) atoms. The third kappa shape index (κ3) is 7.90. The van der Waals surface area contributed by atoms with Crippen molar-refractivity contribution in [3.63, 3.8) is 0 Å². The molecule has 0 spiro atoms. The van der Waals surface area contributed by atoms with Crippen LogP contribution in [0.2, 0.25) is 15.1 Å². The molecule has 0 aliphatic rings. The summed E-state index contributed by atoms with van der Waals surface area (Å²) in [5.74, 6) is -2.55. The average Bonchev–Trinajstić information content (AvgIpc) is 2.72. The average molecular weight is 473 g/mol. The molecule has 0 fully saturated rings. The lowest BCUT2D eigenvalue weighted by Gasteiger charge is -2.09. The maximum Gasteiger partial charge on any atom is 0.306 e. The Balaban J connectivity index is 1.66. The van der Waals surface area contributed by atoms with Crippen LogP contribution in [-0.2, 0) is 19.1 Å². The third-order valence-electron chi connectivity index (χ3n) is 3.54. The van der Waals surface area contributed by atoms with Gasteiger partial charge in [0.1, 0.15) is 0 Å². The summed E-state index contributed by atoms with van der Waals surface area (Å²) >= 11 is 17.5. The Labute approximate surface area is 186 Å². The van der Waals surface area contributed by atoms with E-state index in [-0.39, 0.29) is 18.4 Å². The molecule has 2 aromatic carbocycles. The molecule has 3 amide bonds. The van der Waals surface area contributed by atoms with Gasteiger partial charge in [0.15, 0.2) is 6.61 Å². The van der Waals surface area contributed by atoms with E-state index in [1.165, 1.54) is 36.4 Å². The number of ether oxygens (including phenoxy) is 1. The normalized spacial score (nSPS) is 10.1. The smallest absolute Gasteiger partial charge is 0.306 e. The van der Waals surface area contributed by atoms with Crippen molar-refractivity contribution in [1.82, 2.24) is 10.9 Å². The van der Waals surface area contributed by atoms with E-state index in [0.717, 1.165) is 0 Å². The van der Waals surface area contributed by atoms with Crippen molar-refractivity contribution < 1.29 is 23.9 Å². The molecule has 3 N–H and O–H groups in total. The van der Waals surface area contributed by atoms with Gasteiger partial charge in [-0.05, 0) is 42.5 Å². The van der Waals surface area contributed by atoms with E-state index in [4.69, 9.17) is 39.5 Å². The number of hydrogen-bond acceptors (Lipinski definition) is 5. The number of hydrazine groups is 1. The summed E-state index contributed by atoms with van der Waals surface area (Å²) in [5.41, 5.74) is 4.87. The van der Waals surface area contributed by atoms with Crippen molar-refractivity contribution in [2.75, 3.05) is 11.9 Å². The van der Waals surface area contributed by atoms with Crippen molar-refractivity contribution in [2.24, 2.45) is 0 Å². The highest BCUT2D eigenvalue weighted by Crippen LogP contribution is 2.25. The highest BCUT2D eigenvalue weighted by atomic mass is 35.5. The van der Waals surface area contributed by atoms with Gasteiger partial charge >= 0.3 is 5.97 Å². The fraction of sp³-hybridized carbons (Fsp3) is 0.158. The van der Waals surface area contributed by atoms with Gasteiger partial charge in [-0.2, -0.15) is 0 Å². The molecule has 0 saturated carbocycles. The second-order valence-corrected chi connectivity index (χ2v) is 7.12. The van der Waals surface area contributed by atoms with Gasteiger partial charge in [0, 0.05) is 22.0 Å². The minimum Gasteiger partial charge on any atom is -0.455 e. The standard InChI is InChI=1S/C19H16Cl3N3O5/c20-12-3-1-11(2-4-12)19(29)25-24-17(27)10-30-18(28)8-7-16(26)23-15-9-13(21)5-6-14(15)22/h1-6,9H,7-8,10H2,(H,23,26)(H,24,27)(H,25,29). The molecule has 0 radical (unpaired) electrons. The number of carbonyl (C=O) groups is 4. The van der Waals surface area contributed by atoms with Gasteiger partial charge in [-0.25, -0.2) is 0 Å². The van der Waals surface area contributed by atoms with Crippen LogP contribution in [0.25, 0.3) is 0 Å². The number of amides is 3. The van der Waals surface area contributed by atoms with Gasteiger partial charge < -0.3 is 10.1 Å². The van der Waals surface area contributed by atoms with Gasteiger partial charge in [0.2, 0.25) is 5.91 Å². The van der Waals surface area contributed by atoms with Gasteiger partial charge in [-0.1, -0.05) is 34.8 Å². The third-order valence-corrected chi connectivity index (χ3v) is 4.36. The van der Waals surface area contributed by atoms with Crippen molar-refractivity contribution in [3.05, 3.63) is 63.1 Å². The molecular weight excluding hydrogens is 457 g/mol. The SMILES string of the molecule is O=C(COC(=O)CCC(=O)Nc1cc(Cl)ccc1Cl)NNC(=O)c1ccc(Cl)cc1. The lowest BCUT2D eigenvalue weighted by molar-refractivity contribution is -0.149. The maximum absolute atomic E-state index is 11.9. The Bertz CT molecular complexity index is 951. The fourth-order valence-electron chi connectivity index (χ4n) is 2.08. The van der Waals surface area contributed by atoms with Crippen molar-refractivity contribution in [2.45, 2.75) is 12.8 Å². The summed E-state index contributed by atoms with van der Waals surface area (Å²) in [6.45, 7) is -0.624. The highest BCUT2D eigenvalue weighted by Gasteiger charge is 2.13. The van der Waals surface area contributed by atoms with Crippen LogP contribution in [0.5, 0.6) is 0 Å². The van der Waals surface area contributed by atoms with Gasteiger partial charge in [0.05, 0.1) is 17.1 Å². The number of benzene rings is 2. The summed E-state index contributed by atoms with van der Waals surface area (Å²) < 4.78 is 4.75. The second kappa shape index (κ2) is 11.4. The topological polar surface area (TPSA) is 114 Å². The fourth-order valence-corrected chi connectivity index (χ4v) is 2.54. The highest BCUT2D eigenvalue weighted by molar-refractivity contribution is 6.35. The van der Waals surface area contributed by atoms with Crippen LogP contribution in [0.4, 0.5) is 5.69 Å². The molecule has 0 unspecified atom stereocenters. The first-order valence-corrected chi connectivity index (χ1v) is 9.63. The lowest BCUT2D eigenvalue weighted by Crippen LogP contribution is -2.43. The monoisotopic (exact) mass is 471 g/mol. The van der Waals surface area contributed by atoms with Crippen LogP contribution in [0.1, 0.15) is 23.2 Å². The zero-order chi connectivity index (χ0) is 22.1. The number of anilines is 1. The molecule has 2 aromatic rings. The van der Waals surface area contributed by atoms with Crippen LogP contribution < -0.4 is 16.2 Å². The minimum absolute atomic E-state index is 0.184. The molecule has 0 heterocycles. The minimum atomic E-state index is -0.762. The second-order valence-electron chi connectivity index (χ2n) is 5.84. The number of halogens is 3. The molecule has 0 atom stereocenters. The molecule has 0 aliphatic heterocycles. The number of nitrogens with one attached hydrogen (secondary N) is 3. The zero-order valence-electron chi connectivity index (χ0n) is 15.3. The Morgan fingerprint density at radius 3 is 2.17 bits per heavy atom. The van der Waals surface area contributed by atoms with Crippen LogP contribution in [-0.4, -0.2) is 30.3 Å². The predicted octanol–water partition coefficient (Wildman–Crippen LogP) is 3.37. The predicted molar refractivity (Wildman–Crippen MR) is 112 cm³/mol. The molecule has 0 saturated heterocycles. The molecule has 0 aromatic heterocycles. The van der Waals surface area contributed by atoms with Crippen LogP contribution >= 0.6 is 34.8 Å². The Hall–Kier alpha value is -2.81. The van der Waals surface area contributed by atoms with Crippen LogP contribution in [0.15, 0.2) is 42.5 Å². The molecule has 2 rings (SSSR count). The maximum atomic E-state index is 11.9. The first kappa shape index (κ1) is 23.5. The summed E-state index contributed by atoms with van der Waals surface area (Å²) in [6.07, 6.45) is -0.439. The largest absolute Gasteiger partial charge is 0.455 e. The Morgan fingerprint density at radius 2 is 1.47 bits per heavy atom. The Morgan fingerprint density at radius 1 is 0.800 bits per heavy atom. The van der Waals surface area contributed by atoms with E-state index in [1.807, 2.05) is 0 Å². The van der Waals surface area contributed by atoms with E-state index in [2.05, 4.69) is 16.2 Å². The van der Waals surface area contributed by atoms with E-state index >= 15 is 0 Å². The molecule has 158 valence electrons. The first-order chi connectivity index (χ1) is 14.2. The van der Waals surface area contributed by atoms with Crippen LogP contribution in [0.3, 0.4) is 0 Å². The summed E-state index contributed by atoms with van der Waals surface area (Å²) in [6, 6.07) is 10.6. The number of esters is 1. The molecule has 0 aliphatic carbocycles. The summed E-state index contributed by atoms with van der Waals surface area (Å²) in [4.78, 5) is 47.1. The number of rotatable bonds is 7. The lowest BCUT2D eigenvalue weighted by atomic mass is 10.2. The van der Waals surface area contributed by atoms with E-state index in [9.17, 15) is 19.2 Å². The summed E-state index contributed by atoms with van der Waals surface area (Å²) in [7, 11) is 0. The molecule has 8 nitrogen and oxygen atoms in total. The Kier molecular flexibility index (Phi) is 8.91. The first-order valence-electron chi connectivity index (χ1n) is 8.50. The van der Waals surface area contributed by atoms with Crippen LogP contribution in [0, 0.1) is 0 Å². The van der Waals surface area contributed by atoms with E-state index < -0.39 is 30.3 Å². The van der Waals surface area contributed by atoms with E-state index in [0.29, 0.717) is 20.8 Å². The quantitative estimate of drug-likeness (QED) is 0.422. The number of hydrogen-bond donors (Lipinski definition) is 3. The number of carbonyl (C=O) groups excluding carboxylic acids is 4. The van der Waals surface area contributed by atoms with E-state index in [1.54, 1.807) is 6.07 Å². The van der Waals surface area contributed by atoms with Crippen molar-refractivity contribution in [3.8, 4) is 0 Å². The molecular formula is C19H16Cl3N3O5.